The minimum absolute atomic E-state index is 0.0387. The average Bonchev–Trinajstić information content (AvgIpc) is 3.18. The summed E-state index contributed by atoms with van der Waals surface area (Å²) in [6, 6.07) is 15.5. The SMILES string of the molecule is CCOC(=O)c1sc(NC(=O)Cc2ccc(S(=O)(=O)C(C)C)cc2)nc1-c1ccccc1. The van der Waals surface area contributed by atoms with Gasteiger partial charge in [0.1, 0.15) is 4.88 Å². The van der Waals surface area contributed by atoms with Crippen molar-refractivity contribution in [2.45, 2.75) is 37.3 Å². The normalized spacial score (nSPS) is 11.4. The van der Waals surface area contributed by atoms with Gasteiger partial charge in [-0.05, 0) is 38.5 Å². The number of carbonyl (C=O) groups is 2. The van der Waals surface area contributed by atoms with Crippen LogP contribution < -0.4 is 5.32 Å². The van der Waals surface area contributed by atoms with E-state index in [4.69, 9.17) is 4.74 Å². The molecule has 0 aliphatic carbocycles. The Morgan fingerprint density at radius 2 is 1.72 bits per heavy atom. The highest BCUT2D eigenvalue weighted by Crippen LogP contribution is 2.32. The standard InChI is InChI=1S/C23H24N2O5S2/c1-4-30-22(27)21-20(17-8-6-5-7-9-17)25-23(31-21)24-19(26)14-16-10-12-18(13-11-16)32(28,29)15(2)3/h5-13,15H,4,14H2,1-3H3,(H,24,25,26). The van der Waals surface area contributed by atoms with Gasteiger partial charge in [-0.3, -0.25) is 4.79 Å². The molecule has 2 aromatic carbocycles. The van der Waals surface area contributed by atoms with Crippen LogP contribution in [0.25, 0.3) is 11.3 Å². The number of anilines is 1. The number of ether oxygens (including phenoxy) is 1. The average molecular weight is 473 g/mol. The van der Waals surface area contributed by atoms with Crippen LogP contribution in [0.4, 0.5) is 5.13 Å². The molecule has 1 amide bonds. The van der Waals surface area contributed by atoms with E-state index in [1.165, 1.54) is 12.1 Å². The van der Waals surface area contributed by atoms with Gasteiger partial charge in [-0.1, -0.05) is 53.8 Å². The van der Waals surface area contributed by atoms with E-state index in [2.05, 4.69) is 10.3 Å². The van der Waals surface area contributed by atoms with Crippen molar-refractivity contribution in [3.05, 3.63) is 65.0 Å². The summed E-state index contributed by atoms with van der Waals surface area (Å²) in [5, 5.41) is 2.49. The minimum atomic E-state index is -3.36. The first-order chi connectivity index (χ1) is 15.2. The maximum absolute atomic E-state index is 12.5. The number of rotatable bonds is 8. The highest BCUT2D eigenvalue weighted by atomic mass is 32.2. The summed E-state index contributed by atoms with van der Waals surface area (Å²) in [7, 11) is -3.36. The fourth-order valence-corrected chi connectivity index (χ4v) is 4.88. The molecule has 0 fully saturated rings. The lowest BCUT2D eigenvalue weighted by molar-refractivity contribution is -0.115. The van der Waals surface area contributed by atoms with E-state index < -0.39 is 21.1 Å². The van der Waals surface area contributed by atoms with E-state index in [0.717, 1.165) is 16.9 Å². The Morgan fingerprint density at radius 3 is 2.31 bits per heavy atom. The van der Waals surface area contributed by atoms with Gasteiger partial charge >= 0.3 is 5.97 Å². The number of carbonyl (C=O) groups excluding carboxylic acids is 2. The first-order valence-electron chi connectivity index (χ1n) is 10.1. The molecule has 1 heterocycles. The van der Waals surface area contributed by atoms with E-state index in [9.17, 15) is 18.0 Å². The molecule has 9 heteroatoms. The number of nitrogens with zero attached hydrogens (tertiary/aromatic N) is 1. The molecule has 3 rings (SSSR count). The predicted octanol–water partition coefficient (Wildman–Crippen LogP) is 4.35. The van der Waals surface area contributed by atoms with Crippen molar-refractivity contribution in [1.82, 2.24) is 4.98 Å². The molecule has 0 aliphatic rings. The van der Waals surface area contributed by atoms with Gasteiger partial charge in [-0.15, -0.1) is 0 Å². The van der Waals surface area contributed by atoms with Gasteiger partial charge in [-0.2, -0.15) is 0 Å². The van der Waals surface area contributed by atoms with Gasteiger partial charge in [0.2, 0.25) is 5.91 Å². The van der Waals surface area contributed by atoms with Crippen LogP contribution in [0.3, 0.4) is 0 Å². The second-order valence-corrected chi connectivity index (χ2v) is 10.7. The molecule has 0 saturated heterocycles. The van der Waals surface area contributed by atoms with E-state index in [-0.39, 0.29) is 29.0 Å². The van der Waals surface area contributed by atoms with Crippen LogP contribution >= 0.6 is 11.3 Å². The lowest BCUT2D eigenvalue weighted by atomic mass is 10.1. The van der Waals surface area contributed by atoms with Crippen LogP contribution in [0.1, 0.15) is 36.0 Å². The molecule has 3 aromatic rings. The maximum Gasteiger partial charge on any atom is 0.350 e. The molecule has 0 bridgehead atoms. The fraction of sp³-hybridized carbons (Fsp3) is 0.261. The smallest absolute Gasteiger partial charge is 0.350 e. The van der Waals surface area contributed by atoms with Gasteiger partial charge in [-0.25, -0.2) is 18.2 Å². The highest BCUT2D eigenvalue weighted by molar-refractivity contribution is 7.92. The molecule has 0 radical (unpaired) electrons. The van der Waals surface area contributed by atoms with E-state index in [1.54, 1.807) is 32.9 Å². The fourth-order valence-electron chi connectivity index (χ4n) is 2.92. The van der Waals surface area contributed by atoms with Crippen LogP contribution in [0, 0.1) is 0 Å². The number of hydrogen-bond donors (Lipinski definition) is 1. The monoisotopic (exact) mass is 472 g/mol. The number of amides is 1. The van der Waals surface area contributed by atoms with Crippen molar-refractivity contribution < 1.29 is 22.7 Å². The molecule has 32 heavy (non-hydrogen) atoms. The summed E-state index contributed by atoms with van der Waals surface area (Å²) in [6.45, 7) is 5.20. The summed E-state index contributed by atoms with van der Waals surface area (Å²) in [6.07, 6.45) is 0.0387. The predicted molar refractivity (Wildman–Crippen MR) is 125 cm³/mol. The van der Waals surface area contributed by atoms with Crippen molar-refractivity contribution >= 4 is 38.2 Å². The van der Waals surface area contributed by atoms with Gasteiger partial charge in [0.15, 0.2) is 15.0 Å². The first kappa shape index (κ1) is 23.6. The summed E-state index contributed by atoms with van der Waals surface area (Å²) in [5.41, 5.74) is 1.86. The molecule has 0 unspecified atom stereocenters. The largest absolute Gasteiger partial charge is 0.462 e. The maximum atomic E-state index is 12.5. The number of esters is 1. The van der Waals surface area contributed by atoms with Crippen LogP contribution in [0.15, 0.2) is 59.5 Å². The molecule has 0 aliphatic heterocycles. The zero-order valence-electron chi connectivity index (χ0n) is 18.0. The van der Waals surface area contributed by atoms with Crippen LogP contribution in [-0.2, 0) is 25.8 Å². The summed E-state index contributed by atoms with van der Waals surface area (Å²) >= 11 is 1.05. The summed E-state index contributed by atoms with van der Waals surface area (Å²) < 4.78 is 29.6. The topological polar surface area (TPSA) is 102 Å². The molecule has 1 aromatic heterocycles. The molecule has 0 saturated carbocycles. The second-order valence-electron chi connectivity index (χ2n) is 7.25. The van der Waals surface area contributed by atoms with Gasteiger partial charge in [0.05, 0.1) is 28.9 Å². The number of benzene rings is 2. The third-order valence-electron chi connectivity index (χ3n) is 4.62. The Balaban J connectivity index is 1.77. The number of aromatic nitrogens is 1. The minimum Gasteiger partial charge on any atom is -0.462 e. The number of nitrogens with one attached hydrogen (secondary N) is 1. The third-order valence-corrected chi connectivity index (χ3v) is 7.74. The van der Waals surface area contributed by atoms with Gasteiger partial charge in [0.25, 0.3) is 0 Å². The van der Waals surface area contributed by atoms with E-state index in [0.29, 0.717) is 16.1 Å². The number of sulfone groups is 1. The molecule has 1 N–H and O–H groups in total. The zero-order valence-corrected chi connectivity index (χ0v) is 19.6. The highest BCUT2D eigenvalue weighted by Gasteiger charge is 2.22. The van der Waals surface area contributed by atoms with Gasteiger partial charge in [0, 0.05) is 5.56 Å². The van der Waals surface area contributed by atoms with E-state index >= 15 is 0 Å². The molecule has 0 atom stereocenters. The Morgan fingerprint density at radius 1 is 1.06 bits per heavy atom. The molecule has 168 valence electrons. The molecular weight excluding hydrogens is 448 g/mol. The van der Waals surface area contributed by atoms with Crippen molar-refractivity contribution in [2.75, 3.05) is 11.9 Å². The van der Waals surface area contributed by atoms with Crippen LogP contribution in [0.5, 0.6) is 0 Å². The third kappa shape index (κ3) is 5.41. The van der Waals surface area contributed by atoms with Crippen molar-refractivity contribution in [2.24, 2.45) is 0 Å². The Labute approximate surface area is 191 Å². The number of thiazole rings is 1. The quantitative estimate of drug-likeness (QED) is 0.489. The summed E-state index contributed by atoms with van der Waals surface area (Å²) in [4.78, 5) is 29.9. The number of hydrogen-bond acceptors (Lipinski definition) is 7. The molecular formula is C23H24N2O5S2. The van der Waals surface area contributed by atoms with Crippen molar-refractivity contribution in [3.63, 3.8) is 0 Å². The Hall–Kier alpha value is -3.04. The molecule has 7 nitrogen and oxygen atoms in total. The van der Waals surface area contributed by atoms with Crippen LogP contribution in [-0.4, -0.2) is 37.1 Å². The van der Waals surface area contributed by atoms with Crippen molar-refractivity contribution in [3.8, 4) is 11.3 Å². The lowest BCUT2D eigenvalue weighted by Crippen LogP contribution is -2.15. The van der Waals surface area contributed by atoms with Gasteiger partial charge < -0.3 is 10.1 Å². The zero-order chi connectivity index (χ0) is 23.3. The Bertz CT molecular complexity index is 1200. The van der Waals surface area contributed by atoms with Crippen molar-refractivity contribution in [1.29, 1.82) is 0 Å². The lowest BCUT2D eigenvalue weighted by Gasteiger charge is -2.08. The summed E-state index contributed by atoms with van der Waals surface area (Å²) in [5.74, 6) is -0.820. The molecule has 0 spiro atoms. The Kier molecular flexibility index (Phi) is 7.42. The first-order valence-corrected chi connectivity index (χ1v) is 12.4. The van der Waals surface area contributed by atoms with Crippen LogP contribution in [0.2, 0.25) is 0 Å². The second kappa shape index (κ2) is 10.1. The van der Waals surface area contributed by atoms with E-state index in [1.807, 2.05) is 30.3 Å².